The molecule has 2 aliphatic carbocycles. The normalized spacial score (nSPS) is 31.3. The first-order chi connectivity index (χ1) is 11.7. The molecule has 2 atom stereocenters. The fraction of sp³-hybridized carbons (Fsp3) is 0.727. The Morgan fingerprint density at radius 2 is 1.62 bits per heavy atom. The van der Waals surface area contributed by atoms with E-state index in [4.69, 9.17) is 0 Å². The van der Waals surface area contributed by atoms with Crippen LogP contribution in [-0.4, -0.2) is 0 Å². The molecule has 0 aromatic heterocycles. The predicted octanol–water partition coefficient (Wildman–Crippen LogP) is 7.50. The first-order valence-electron chi connectivity index (χ1n) is 10.0. The van der Waals surface area contributed by atoms with Gasteiger partial charge in [0, 0.05) is 5.56 Å². The van der Waals surface area contributed by atoms with Crippen molar-refractivity contribution in [1.29, 1.82) is 0 Å². The van der Waals surface area contributed by atoms with E-state index in [0.717, 1.165) is 17.8 Å². The second-order valence-corrected chi connectivity index (χ2v) is 8.16. The molecule has 2 heteroatoms. The summed E-state index contributed by atoms with van der Waals surface area (Å²) in [7, 11) is 0. The Hall–Kier alpha value is -0.920. The second-order valence-electron chi connectivity index (χ2n) is 8.16. The lowest BCUT2D eigenvalue weighted by Crippen LogP contribution is -2.26. The van der Waals surface area contributed by atoms with Crippen molar-refractivity contribution in [2.45, 2.75) is 83.5 Å². The molecule has 0 radical (unpaired) electrons. The van der Waals surface area contributed by atoms with Crippen molar-refractivity contribution < 1.29 is 8.78 Å². The first kappa shape index (κ1) is 17.9. The van der Waals surface area contributed by atoms with E-state index in [1.807, 2.05) is 12.1 Å². The highest BCUT2D eigenvalue weighted by Gasteiger charge is 2.31. The zero-order valence-electron chi connectivity index (χ0n) is 15.0. The van der Waals surface area contributed by atoms with Crippen molar-refractivity contribution in [2.75, 3.05) is 0 Å². The van der Waals surface area contributed by atoms with Crippen LogP contribution in [0.2, 0.25) is 0 Å². The van der Waals surface area contributed by atoms with Crippen molar-refractivity contribution in [3.8, 4) is 0 Å². The topological polar surface area (TPSA) is 0 Å². The van der Waals surface area contributed by atoms with Gasteiger partial charge < -0.3 is 0 Å². The predicted molar refractivity (Wildman–Crippen MR) is 96.5 cm³/mol. The van der Waals surface area contributed by atoms with Gasteiger partial charge in [-0.15, -0.1) is 0 Å². The van der Waals surface area contributed by atoms with Gasteiger partial charge in [-0.3, -0.25) is 0 Å². The Balaban J connectivity index is 1.56. The SMILES string of the molecule is CCCC1CCC(C2CCCC(c3ccc(C(F)F)cc3)C2)CC1. The van der Waals surface area contributed by atoms with Gasteiger partial charge in [-0.05, 0) is 54.9 Å². The molecule has 2 saturated carbocycles. The summed E-state index contributed by atoms with van der Waals surface area (Å²) >= 11 is 0. The van der Waals surface area contributed by atoms with Crippen LogP contribution in [0.5, 0.6) is 0 Å². The molecule has 2 fully saturated rings. The monoisotopic (exact) mass is 334 g/mol. The van der Waals surface area contributed by atoms with E-state index in [2.05, 4.69) is 6.92 Å². The van der Waals surface area contributed by atoms with Gasteiger partial charge in [-0.2, -0.15) is 0 Å². The van der Waals surface area contributed by atoms with Crippen LogP contribution in [0, 0.1) is 17.8 Å². The van der Waals surface area contributed by atoms with Crippen LogP contribution >= 0.6 is 0 Å². The molecule has 2 unspecified atom stereocenters. The molecular weight excluding hydrogens is 302 g/mol. The van der Waals surface area contributed by atoms with E-state index < -0.39 is 6.43 Å². The van der Waals surface area contributed by atoms with Crippen molar-refractivity contribution >= 4 is 0 Å². The molecule has 1 aromatic carbocycles. The molecule has 0 nitrogen and oxygen atoms in total. The summed E-state index contributed by atoms with van der Waals surface area (Å²) in [5.74, 6) is 3.35. The summed E-state index contributed by atoms with van der Waals surface area (Å²) < 4.78 is 25.5. The zero-order chi connectivity index (χ0) is 16.9. The largest absolute Gasteiger partial charge is 0.263 e. The summed E-state index contributed by atoms with van der Waals surface area (Å²) in [5.41, 5.74) is 1.43. The van der Waals surface area contributed by atoms with Gasteiger partial charge in [0.1, 0.15) is 0 Å². The first-order valence-corrected chi connectivity index (χ1v) is 10.0. The Kier molecular flexibility index (Phi) is 6.30. The molecule has 0 heterocycles. The molecule has 0 bridgehead atoms. The van der Waals surface area contributed by atoms with Crippen molar-refractivity contribution in [3.63, 3.8) is 0 Å². The molecule has 0 saturated heterocycles. The second kappa shape index (κ2) is 8.45. The highest BCUT2D eigenvalue weighted by atomic mass is 19.3. The standard InChI is InChI=1S/C22H32F2/c1-2-4-16-7-9-17(10-8-16)20-5-3-6-21(15-20)18-11-13-19(14-12-18)22(23)24/h11-14,16-17,20-22H,2-10,15H2,1H3. The van der Waals surface area contributed by atoms with E-state index in [9.17, 15) is 8.78 Å². The lowest BCUT2D eigenvalue weighted by Gasteiger charge is -2.38. The highest BCUT2D eigenvalue weighted by Crippen LogP contribution is 2.45. The van der Waals surface area contributed by atoms with Crippen LogP contribution in [0.1, 0.15) is 94.6 Å². The highest BCUT2D eigenvalue weighted by molar-refractivity contribution is 5.26. The molecule has 0 aliphatic heterocycles. The van der Waals surface area contributed by atoms with Gasteiger partial charge in [-0.1, -0.05) is 69.7 Å². The van der Waals surface area contributed by atoms with E-state index in [1.54, 1.807) is 12.1 Å². The summed E-state index contributed by atoms with van der Waals surface area (Å²) in [6.45, 7) is 2.30. The molecule has 0 N–H and O–H groups in total. The molecule has 3 rings (SSSR count). The number of hydrogen-bond acceptors (Lipinski definition) is 0. The Bertz CT molecular complexity index is 485. The third-order valence-corrected chi connectivity index (χ3v) is 6.63. The van der Waals surface area contributed by atoms with Gasteiger partial charge in [-0.25, -0.2) is 8.78 Å². The maximum absolute atomic E-state index is 12.7. The van der Waals surface area contributed by atoms with Crippen molar-refractivity contribution in [2.24, 2.45) is 17.8 Å². The average Bonchev–Trinajstić information content (AvgIpc) is 2.63. The average molecular weight is 334 g/mol. The van der Waals surface area contributed by atoms with Crippen LogP contribution in [0.25, 0.3) is 0 Å². The summed E-state index contributed by atoms with van der Waals surface area (Å²) in [6, 6.07) is 7.15. The molecular formula is C22H32F2. The number of alkyl halides is 2. The van der Waals surface area contributed by atoms with Crippen LogP contribution in [0.4, 0.5) is 8.78 Å². The third-order valence-electron chi connectivity index (χ3n) is 6.63. The molecule has 24 heavy (non-hydrogen) atoms. The van der Waals surface area contributed by atoms with Crippen LogP contribution in [0.15, 0.2) is 24.3 Å². The van der Waals surface area contributed by atoms with Gasteiger partial charge in [0.15, 0.2) is 0 Å². The minimum atomic E-state index is -2.35. The zero-order valence-corrected chi connectivity index (χ0v) is 15.0. The number of rotatable bonds is 5. The maximum atomic E-state index is 12.7. The third kappa shape index (κ3) is 4.37. The van der Waals surface area contributed by atoms with Crippen molar-refractivity contribution in [1.82, 2.24) is 0 Å². The van der Waals surface area contributed by atoms with E-state index in [-0.39, 0.29) is 5.56 Å². The lowest BCUT2D eigenvalue weighted by molar-refractivity contribution is 0.150. The van der Waals surface area contributed by atoms with Crippen LogP contribution in [0.3, 0.4) is 0 Å². The smallest absolute Gasteiger partial charge is 0.205 e. The minimum Gasteiger partial charge on any atom is -0.205 e. The van der Waals surface area contributed by atoms with Gasteiger partial charge in [0.25, 0.3) is 6.43 Å². The quantitative estimate of drug-likeness (QED) is 0.523. The van der Waals surface area contributed by atoms with Gasteiger partial charge in [0.2, 0.25) is 0 Å². The lowest BCUT2D eigenvalue weighted by atomic mass is 9.67. The van der Waals surface area contributed by atoms with E-state index in [1.165, 1.54) is 69.8 Å². The van der Waals surface area contributed by atoms with E-state index in [0.29, 0.717) is 5.92 Å². The fourth-order valence-corrected chi connectivity index (χ4v) is 5.23. The summed E-state index contributed by atoms with van der Waals surface area (Å²) in [4.78, 5) is 0. The van der Waals surface area contributed by atoms with Crippen molar-refractivity contribution in [3.05, 3.63) is 35.4 Å². The van der Waals surface area contributed by atoms with Crippen LogP contribution < -0.4 is 0 Å². The molecule has 134 valence electrons. The Morgan fingerprint density at radius 1 is 0.917 bits per heavy atom. The number of benzene rings is 1. The molecule has 1 aromatic rings. The number of halogens is 2. The minimum absolute atomic E-state index is 0.153. The van der Waals surface area contributed by atoms with E-state index >= 15 is 0 Å². The van der Waals surface area contributed by atoms with Gasteiger partial charge >= 0.3 is 0 Å². The molecule has 0 amide bonds. The summed E-state index contributed by atoms with van der Waals surface area (Å²) in [6.07, 6.45) is 11.3. The van der Waals surface area contributed by atoms with Gasteiger partial charge in [0.05, 0.1) is 0 Å². The Labute approximate surface area is 146 Å². The fourth-order valence-electron chi connectivity index (χ4n) is 5.23. The molecule has 0 spiro atoms. The van der Waals surface area contributed by atoms with Crippen LogP contribution in [-0.2, 0) is 0 Å². The number of hydrogen-bond donors (Lipinski definition) is 0. The maximum Gasteiger partial charge on any atom is 0.263 e. The Morgan fingerprint density at radius 3 is 2.25 bits per heavy atom. The summed E-state index contributed by atoms with van der Waals surface area (Å²) in [5, 5.41) is 0. The molecule has 2 aliphatic rings.